The molecule has 176 valence electrons. The maximum Gasteiger partial charge on any atom is 0.205 e. The summed E-state index contributed by atoms with van der Waals surface area (Å²) >= 11 is 0. The van der Waals surface area contributed by atoms with Crippen LogP contribution in [0.3, 0.4) is 0 Å². The van der Waals surface area contributed by atoms with Crippen molar-refractivity contribution >= 4 is 13.7 Å². The van der Waals surface area contributed by atoms with Crippen molar-refractivity contribution in [3.63, 3.8) is 0 Å². The van der Waals surface area contributed by atoms with E-state index in [0.717, 1.165) is 25.7 Å². The molecule has 2 aliphatic rings. The number of rotatable bonds is 5. The van der Waals surface area contributed by atoms with Crippen molar-refractivity contribution in [3.05, 3.63) is 30.3 Å². The lowest BCUT2D eigenvalue weighted by molar-refractivity contribution is -0.0687. The van der Waals surface area contributed by atoms with Gasteiger partial charge in [0.2, 0.25) is 8.38 Å². The second-order valence-electron chi connectivity index (χ2n) is 12.2. The van der Waals surface area contributed by atoms with E-state index in [1.165, 1.54) is 5.30 Å². The average molecular weight is 449 g/mol. The molecule has 31 heavy (non-hydrogen) atoms. The Bertz CT molecular complexity index is 667. The zero-order valence-corrected chi connectivity index (χ0v) is 22.4. The molecule has 0 spiro atoms. The third-order valence-corrected chi connectivity index (χ3v) is 9.70. The highest BCUT2D eigenvalue weighted by Gasteiger charge is 2.46. The highest BCUT2D eigenvalue weighted by molar-refractivity contribution is 7.56. The summed E-state index contributed by atoms with van der Waals surface area (Å²) in [5.74, 6) is 0. The maximum atomic E-state index is 6.87. The maximum absolute atomic E-state index is 6.87. The van der Waals surface area contributed by atoms with E-state index in [-0.39, 0.29) is 34.4 Å². The topological polar surface area (TPSA) is 24.9 Å². The van der Waals surface area contributed by atoms with Gasteiger partial charge in [-0.1, -0.05) is 18.2 Å². The van der Waals surface area contributed by atoms with Crippen LogP contribution in [0.4, 0.5) is 0 Å². The third kappa shape index (κ3) is 5.53. The molecule has 0 N–H and O–H groups in total. The number of likely N-dealkylation sites (tertiary alicyclic amines) is 2. The smallest absolute Gasteiger partial charge is 0.205 e. The summed E-state index contributed by atoms with van der Waals surface area (Å²) in [7, 11) is 3.36. The lowest BCUT2D eigenvalue weighted by atomic mass is 9.79. The lowest BCUT2D eigenvalue weighted by Crippen LogP contribution is -2.60. The van der Waals surface area contributed by atoms with Crippen LogP contribution in [0.5, 0.6) is 0 Å². The van der Waals surface area contributed by atoms with E-state index in [1.54, 1.807) is 0 Å². The van der Waals surface area contributed by atoms with E-state index in [2.05, 4.69) is 110 Å². The largest absolute Gasteiger partial charge is 0.327 e. The van der Waals surface area contributed by atoms with E-state index in [4.69, 9.17) is 9.05 Å². The number of hydrogen-bond donors (Lipinski definition) is 0. The quantitative estimate of drug-likeness (QED) is 0.519. The molecule has 2 aliphatic heterocycles. The monoisotopic (exact) mass is 448 g/mol. The van der Waals surface area contributed by atoms with Gasteiger partial charge in [-0.05, 0) is 107 Å². The van der Waals surface area contributed by atoms with Crippen molar-refractivity contribution in [3.8, 4) is 0 Å². The van der Waals surface area contributed by atoms with Gasteiger partial charge in [-0.3, -0.25) is 9.80 Å². The normalized spacial score (nSPS) is 26.9. The van der Waals surface area contributed by atoms with Crippen LogP contribution in [0.1, 0.15) is 81.1 Å². The van der Waals surface area contributed by atoms with Crippen LogP contribution >= 0.6 is 8.38 Å². The second-order valence-corrected chi connectivity index (χ2v) is 13.7. The Morgan fingerprint density at radius 1 is 0.645 bits per heavy atom. The van der Waals surface area contributed by atoms with Crippen LogP contribution in [-0.2, 0) is 9.05 Å². The van der Waals surface area contributed by atoms with E-state index in [1.807, 2.05) is 0 Å². The van der Waals surface area contributed by atoms with Gasteiger partial charge in [-0.25, -0.2) is 0 Å². The van der Waals surface area contributed by atoms with E-state index < -0.39 is 8.38 Å². The molecule has 0 radical (unpaired) electrons. The Kier molecular flexibility index (Phi) is 7.04. The van der Waals surface area contributed by atoms with Crippen molar-refractivity contribution in [1.29, 1.82) is 0 Å². The Labute approximate surface area is 192 Å². The zero-order valence-electron chi connectivity index (χ0n) is 21.5. The van der Waals surface area contributed by atoms with Gasteiger partial charge in [0, 0.05) is 27.5 Å². The fourth-order valence-corrected chi connectivity index (χ4v) is 7.22. The predicted molar refractivity (Wildman–Crippen MR) is 133 cm³/mol. The molecule has 0 amide bonds. The summed E-state index contributed by atoms with van der Waals surface area (Å²) in [6, 6.07) is 10.6. The highest BCUT2D eigenvalue weighted by Crippen LogP contribution is 2.49. The number of hydrogen-bond acceptors (Lipinski definition) is 4. The average Bonchev–Trinajstić information content (AvgIpc) is 2.63. The first-order valence-electron chi connectivity index (χ1n) is 11.8. The molecule has 0 saturated carbocycles. The molecule has 5 heteroatoms. The van der Waals surface area contributed by atoms with Crippen molar-refractivity contribution in [2.75, 3.05) is 14.1 Å². The Morgan fingerprint density at radius 3 is 1.29 bits per heavy atom. The fraction of sp³-hybridized carbons (Fsp3) is 0.769. The molecule has 1 aromatic rings. The lowest BCUT2D eigenvalue weighted by Gasteiger charge is -2.54. The van der Waals surface area contributed by atoms with Crippen LogP contribution in [0.25, 0.3) is 0 Å². The molecule has 2 saturated heterocycles. The second kappa shape index (κ2) is 8.69. The summed E-state index contributed by atoms with van der Waals surface area (Å²) in [6.07, 6.45) is 4.47. The predicted octanol–water partition coefficient (Wildman–Crippen LogP) is 5.96. The van der Waals surface area contributed by atoms with Gasteiger partial charge in [0.1, 0.15) is 0 Å². The van der Waals surface area contributed by atoms with Crippen LogP contribution < -0.4 is 5.30 Å². The fourth-order valence-electron chi connectivity index (χ4n) is 5.68. The molecular formula is C26H45N2O2P. The van der Waals surface area contributed by atoms with Gasteiger partial charge in [-0.15, -0.1) is 0 Å². The minimum Gasteiger partial charge on any atom is -0.327 e. The first-order chi connectivity index (χ1) is 14.1. The molecule has 2 fully saturated rings. The van der Waals surface area contributed by atoms with Crippen LogP contribution in [0.2, 0.25) is 0 Å². The third-order valence-electron chi connectivity index (χ3n) is 8.00. The van der Waals surface area contributed by atoms with Gasteiger partial charge >= 0.3 is 0 Å². The summed E-state index contributed by atoms with van der Waals surface area (Å²) in [5, 5.41) is 1.18. The van der Waals surface area contributed by atoms with Gasteiger partial charge in [0.25, 0.3) is 0 Å². The molecule has 1 aromatic carbocycles. The van der Waals surface area contributed by atoms with Gasteiger partial charge in [-0.2, -0.15) is 0 Å². The van der Waals surface area contributed by atoms with E-state index >= 15 is 0 Å². The van der Waals surface area contributed by atoms with Crippen molar-refractivity contribution in [2.45, 2.75) is 115 Å². The summed E-state index contributed by atoms with van der Waals surface area (Å²) in [6.45, 7) is 18.7. The van der Waals surface area contributed by atoms with Crippen LogP contribution in [0.15, 0.2) is 30.3 Å². The molecular weight excluding hydrogens is 403 g/mol. The van der Waals surface area contributed by atoms with Crippen molar-refractivity contribution in [2.24, 2.45) is 0 Å². The van der Waals surface area contributed by atoms with Crippen LogP contribution in [-0.4, -0.2) is 58.3 Å². The van der Waals surface area contributed by atoms with E-state index in [9.17, 15) is 0 Å². The highest BCUT2D eigenvalue weighted by atomic mass is 31.2. The standard InChI is InChI=1S/C26H45N2O2P/c1-23(2)16-20(17-24(3,4)27(23)9)29-31(22-14-12-11-13-15-22)30-21-18-25(5,6)28(10)26(7,8)19-21/h11-15,20-21H,16-19H2,1-10H3. The number of piperidine rings is 2. The van der Waals surface area contributed by atoms with E-state index in [0.29, 0.717) is 0 Å². The SMILES string of the molecule is CN1C(C)(C)CC(OP(OC2CC(C)(C)N(C)C(C)(C)C2)c2ccccc2)CC1(C)C. The zero-order chi connectivity index (χ0) is 23.2. The molecule has 0 bridgehead atoms. The molecule has 0 unspecified atom stereocenters. The molecule has 3 rings (SSSR count). The Balaban J connectivity index is 1.82. The van der Waals surface area contributed by atoms with Crippen LogP contribution in [0, 0.1) is 0 Å². The van der Waals surface area contributed by atoms with Crippen molar-refractivity contribution < 1.29 is 9.05 Å². The Hall–Kier alpha value is -0.510. The molecule has 0 atom stereocenters. The van der Waals surface area contributed by atoms with Gasteiger partial charge in [0.05, 0.1) is 12.2 Å². The van der Waals surface area contributed by atoms with Crippen molar-refractivity contribution in [1.82, 2.24) is 9.80 Å². The molecule has 0 aliphatic carbocycles. The number of nitrogens with zero attached hydrogens (tertiary/aromatic N) is 2. The summed E-state index contributed by atoms with van der Waals surface area (Å²) in [5.41, 5.74) is 0.395. The summed E-state index contributed by atoms with van der Waals surface area (Å²) in [4.78, 5) is 5.01. The Morgan fingerprint density at radius 2 is 0.968 bits per heavy atom. The van der Waals surface area contributed by atoms with Gasteiger partial charge < -0.3 is 9.05 Å². The van der Waals surface area contributed by atoms with Gasteiger partial charge in [0.15, 0.2) is 0 Å². The molecule has 2 heterocycles. The molecule has 4 nitrogen and oxygen atoms in total. The number of benzene rings is 1. The minimum atomic E-state index is -1.13. The molecule has 0 aromatic heterocycles. The summed E-state index contributed by atoms with van der Waals surface area (Å²) < 4.78 is 13.7. The minimum absolute atomic E-state index is 0.0988. The first-order valence-corrected chi connectivity index (χ1v) is 13.0. The first kappa shape index (κ1) is 25.1.